The molecule has 0 aromatic carbocycles. The molecule has 1 N–H and O–H groups in total. The van der Waals surface area contributed by atoms with Gasteiger partial charge in [0.2, 0.25) is 0 Å². The molecule has 8 heavy (non-hydrogen) atoms. The van der Waals surface area contributed by atoms with Gasteiger partial charge in [-0.25, -0.2) is 0 Å². The lowest BCUT2D eigenvalue weighted by Gasteiger charge is -2.03. The van der Waals surface area contributed by atoms with Crippen molar-refractivity contribution in [2.45, 2.75) is 18.9 Å². The molecule has 0 aliphatic rings. The standard InChI is InChI=1S/C5H10Cl2O/c6-3-1-5(8)2-4-7/h5,8H,1-4H2. The van der Waals surface area contributed by atoms with E-state index in [4.69, 9.17) is 28.3 Å². The smallest absolute Gasteiger partial charge is 0.0563 e. The maximum Gasteiger partial charge on any atom is 0.0563 e. The summed E-state index contributed by atoms with van der Waals surface area (Å²) >= 11 is 10.7. The van der Waals surface area contributed by atoms with Crippen LogP contribution in [0.25, 0.3) is 0 Å². The Balaban J connectivity index is 2.92. The van der Waals surface area contributed by atoms with Gasteiger partial charge in [0.15, 0.2) is 0 Å². The third-order valence-corrected chi connectivity index (χ3v) is 1.32. The average molecular weight is 157 g/mol. The van der Waals surface area contributed by atoms with Crippen molar-refractivity contribution in [3.05, 3.63) is 0 Å². The van der Waals surface area contributed by atoms with E-state index < -0.39 is 0 Å². The van der Waals surface area contributed by atoms with Gasteiger partial charge < -0.3 is 5.11 Å². The highest BCUT2D eigenvalue weighted by molar-refractivity contribution is 6.18. The summed E-state index contributed by atoms with van der Waals surface area (Å²) in [7, 11) is 0. The number of halogens is 2. The van der Waals surface area contributed by atoms with E-state index in [0.29, 0.717) is 24.6 Å². The Morgan fingerprint density at radius 1 is 1.12 bits per heavy atom. The van der Waals surface area contributed by atoms with Crippen molar-refractivity contribution in [3.8, 4) is 0 Å². The summed E-state index contributed by atoms with van der Waals surface area (Å²) < 4.78 is 0. The molecule has 1 nitrogen and oxygen atoms in total. The largest absolute Gasteiger partial charge is 0.393 e. The summed E-state index contributed by atoms with van der Waals surface area (Å²) in [6.45, 7) is 0. The third-order valence-electron chi connectivity index (χ3n) is 0.885. The molecule has 0 spiro atoms. The van der Waals surface area contributed by atoms with E-state index in [9.17, 15) is 0 Å². The molecule has 0 saturated carbocycles. The average Bonchev–Trinajstić information content (AvgIpc) is 1.68. The topological polar surface area (TPSA) is 20.2 Å². The van der Waals surface area contributed by atoms with Crippen molar-refractivity contribution in [2.75, 3.05) is 11.8 Å². The second-order valence-corrected chi connectivity index (χ2v) is 2.37. The van der Waals surface area contributed by atoms with E-state index in [1.165, 1.54) is 0 Å². The lowest BCUT2D eigenvalue weighted by atomic mass is 10.2. The molecule has 0 aliphatic heterocycles. The maximum atomic E-state index is 8.88. The Bertz CT molecular complexity index is 43.7. The minimum absolute atomic E-state index is 0.301. The lowest BCUT2D eigenvalue weighted by Crippen LogP contribution is -2.06. The number of alkyl halides is 2. The van der Waals surface area contributed by atoms with Crippen molar-refractivity contribution in [1.82, 2.24) is 0 Å². The highest BCUT2D eigenvalue weighted by atomic mass is 35.5. The van der Waals surface area contributed by atoms with Crippen LogP contribution >= 0.6 is 23.2 Å². The summed E-state index contributed by atoms with van der Waals surface area (Å²) in [6, 6.07) is 0. The highest BCUT2D eigenvalue weighted by Crippen LogP contribution is 1.99. The fraction of sp³-hybridized carbons (Fsp3) is 1.00. The summed E-state index contributed by atoms with van der Waals surface area (Å²) in [6.07, 6.45) is 0.993. The van der Waals surface area contributed by atoms with Gasteiger partial charge in [-0.2, -0.15) is 0 Å². The monoisotopic (exact) mass is 156 g/mol. The quantitative estimate of drug-likeness (QED) is 0.614. The van der Waals surface area contributed by atoms with Gasteiger partial charge in [0.25, 0.3) is 0 Å². The molecule has 0 bridgehead atoms. The molecule has 0 saturated heterocycles. The van der Waals surface area contributed by atoms with E-state index in [2.05, 4.69) is 0 Å². The molecule has 0 fully saturated rings. The SMILES string of the molecule is OC(CCCl)CCCl. The van der Waals surface area contributed by atoms with Gasteiger partial charge >= 0.3 is 0 Å². The van der Waals surface area contributed by atoms with Gasteiger partial charge in [-0.1, -0.05) is 0 Å². The van der Waals surface area contributed by atoms with Gasteiger partial charge in [-0.05, 0) is 12.8 Å². The van der Waals surface area contributed by atoms with Crippen molar-refractivity contribution >= 4 is 23.2 Å². The van der Waals surface area contributed by atoms with E-state index in [1.54, 1.807) is 0 Å². The predicted octanol–water partition coefficient (Wildman–Crippen LogP) is 1.61. The van der Waals surface area contributed by atoms with Crippen LogP contribution in [0.3, 0.4) is 0 Å². The first kappa shape index (κ1) is 8.54. The molecule has 0 atom stereocenters. The van der Waals surface area contributed by atoms with E-state index in [0.717, 1.165) is 0 Å². The van der Waals surface area contributed by atoms with Crippen LogP contribution in [0.5, 0.6) is 0 Å². The summed E-state index contributed by atoms with van der Waals surface area (Å²) in [5.74, 6) is 1.02. The lowest BCUT2D eigenvalue weighted by molar-refractivity contribution is 0.168. The molecule has 50 valence electrons. The van der Waals surface area contributed by atoms with Gasteiger partial charge in [0.05, 0.1) is 6.10 Å². The van der Waals surface area contributed by atoms with E-state index in [1.807, 2.05) is 0 Å². The maximum absolute atomic E-state index is 8.88. The third kappa shape index (κ3) is 4.69. The molecule has 0 heterocycles. The molecule has 0 unspecified atom stereocenters. The van der Waals surface area contributed by atoms with Crippen LogP contribution in [0.4, 0.5) is 0 Å². The van der Waals surface area contributed by atoms with Crippen LogP contribution in [0, 0.1) is 0 Å². The van der Waals surface area contributed by atoms with Gasteiger partial charge in [-0.3, -0.25) is 0 Å². The minimum Gasteiger partial charge on any atom is -0.393 e. The summed E-state index contributed by atoms with van der Waals surface area (Å²) in [5.41, 5.74) is 0. The zero-order valence-corrected chi connectivity index (χ0v) is 6.12. The van der Waals surface area contributed by atoms with Gasteiger partial charge in [0.1, 0.15) is 0 Å². The Morgan fingerprint density at radius 2 is 1.50 bits per heavy atom. The highest BCUT2D eigenvalue weighted by Gasteiger charge is 1.99. The fourth-order valence-corrected chi connectivity index (χ4v) is 0.900. The molecule has 3 heteroatoms. The van der Waals surface area contributed by atoms with Crippen LogP contribution in [0.1, 0.15) is 12.8 Å². The summed E-state index contributed by atoms with van der Waals surface area (Å²) in [4.78, 5) is 0. The van der Waals surface area contributed by atoms with Crippen molar-refractivity contribution in [2.24, 2.45) is 0 Å². The first-order chi connectivity index (χ1) is 3.81. The van der Waals surface area contributed by atoms with Crippen LogP contribution in [-0.2, 0) is 0 Å². The zero-order valence-electron chi connectivity index (χ0n) is 4.61. The molecule has 0 amide bonds. The molecule has 0 radical (unpaired) electrons. The Morgan fingerprint density at radius 3 is 1.75 bits per heavy atom. The fourth-order valence-electron chi connectivity index (χ4n) is 0.396. The van der Waals surface area contributed by atoms with Gasteiger partial charge in [0, 0.05) is 11.8 Å². The first-order valence-corrected chi connectivity index (χ1v) is 3.68. The molecule has 0 rings (SSSR count). The molecule has 0 aromatic heterocycles. The van der Waals surface area contributed by atoms with Gasteiger partial charge in [-0.15, -0.1) is 23.2 Å². The van der Waals surface area contributed by atoms with Crippen LogP contribution in [0.2, 0.25) is 0 Å². The number of hydrogen-bond donors (Lipinski definition) is 1. The number of aliphatic hydroxyl groups excluding tert-OH is 1. The second-order valence-electron chi connectivity index (χ2n) is 1.61. The molecular formula is C5H10Cl2O. The molecular weight excluding hydrogens is 147 g/mol. The van der Waals surface area contributed by atoms with E-state index in [-0.39, 0.29) is 6.10 Å². The number of aliphatic hydroxyl groups is 1. The normalized spacial score (nSPS) is 10.5. The Hall–Kier alpha value is 0.540. The molecule has 0 aromatic rings. The first-order valence-electron chi connectivity index (χ1n) is 2.61. The van der Waals surface area contributed by atoms with Crippen LogP contribution < -0.4 is 0 Å². The number of rotatable bonds is 4. The Kier molecular flexibility index (Phi) is 6.06. The van der Waals surface area contributed by atoms with Crippen molar-refractivity contribution < 1.29 is 5.11 Å². The van der Waals surface area contributed by atoms with E-state index >= 15 is 0 Å². The van der Waals surface area contributed by atoms with Crippen LogP contribution in [0.15, 0.2) is 0 Å². The zero-order chi connectivity index (χ0) is 6.41. The van der Waals surface area contributed by atoms with Crippen LogP contribution in [-0.4, -0.2) is 23.0 Å². The Labute approximate surface area is 59.6 Å². The predicted molar refractivity (Wildman–Crippen MR) is 36.7 cm³/mol. The second kappa shape index (κ2) is 5.67. The minimum atomic E-state index is -0.301. The summed E-state index contributed by atoms with van der Waals surface area (Å²) in [5, 5.41) is 8.88. The van der Waals surface area contributed by atoms with Crippen molar-refractivity contribution in [1.29, 1.82) is 0 Å². The number of hydrogen-bond acceptors (Lipinski definition) is 1. The molecule has 0 aliphatic carbocycles. The van der Waals surface area contributed by atoms with Crippen molar-refractivity contribution in [3.63, 3.8) is 0 Å².